The van der Waals surface area contributed by atoms with E-state index < -0.39 is 0 Å². The van der Waals surface area contributed by atoms with Crippen molar-refractivity contribution in [3.63, 3.8) is 0 Å². The van der Waals surface area contributed by atoms with Gasteiger partial charge in [-0.2, -0.15) is 0 Å². The molecule has 2 rings (SSSR count). The van der Waals surface area contributed by atoms with Gasteiger partial charge in [-0.3, -0.25) is 4.79 Å². The number of carbonyl (C=O) groups is 1. The first-order valence-corrected chi connectivity index (χ1v) is 7.26. The van der Waals surface area contributed by atoms with Gasteiger partial charge < -0.3 is 10.6 Å². The lowest BCUT2D eigenvalue weighted by Gasteiger charge is -2.22. The number of nitrogens with two attached hydrogens (primary N) is 1. The van der Waals surface area contributed by atoms with Crippen LogP contribution in [0.2, 0.25) is 0 Å². The van der Waals surface area contributed by atoms with E-state index in [4.69, 9.17) is 5.73 Å². The van der Waals surface area contributed by atoms with Crippen molar-refractivity contribution in [2.75, 3.05) is 13.1 Å². The molecule has 1 aromatic carbocycles. The largest absolute Gasteiger partial charge is 0.340 e. The number of carbonyl (C=O) groups excluding carboxylic acids is 1. The third-order valence-corrected chi connectivity index (χ3v) is 3.78. The smallest absolute Gasteiger partial charge is 0.223 e. The van der Waals surface area contributed by atoms with Crippen molar-refractivity contribution in [1.29, 1.82) is 0 Å². The van der Waals surface area contributed by atoms with E-state index in [9.17, 15) is 4.79 Å². The van der Waals surface area contributed by atoms with E-state index in [1.807, 2.05) is 17.0 Å². The van der Waals surface area contributed by atoms with Gasteiger partial charge in [-0.25, -0.2) is 0 Å². The Hall–Kier alpha value is -1.35. The third-order valence-electron chi connectivity index (χ3n) is 3.78. The summed E-state index contributed by atoms with van der Waals surface area (Å²) in [5.41, 5.74) is 8.10. The summed E-state index contributed by atoms with van der Waals surface area (Å²) in [6.07, 6.45) is 4.71. The van der Waals surface area contributed by atoms with Gasteiger partial charge in [0.2, 0.25) is 5.91 Å². The number of rotatable bonds is 7. The molecule has 1 saturated carbocycles. The highest BCUT2D eigenvalue weighted by Crippen LogP contribution is 2.27. The minimum absolute atomic E-state index is 0.291. The number of amides is 1. The lowest BCUT2D eigenvalue weighted by molar-refractivity contribution is -0.131. The van der Waals surface area contributed by atoms with Crippen LogP contribution in [-0.4, -0.2) is 29.9 Å². The molecule has 0 aliphatic heterocycles. The Balaban J connectivity index is 1.87. The van der Waals surface area contributed by atoms with Crippen molar-refractivity contribution < 1.29 is 4.79 Å². The summed E-state index contributed by atoms with van der Waals surface area (Å²) in [5, 5.41) is 0. The van der Waals surface area contributed by atoms with E-state index in [0.29, 0.717) is 24.9 Å². The van der Waals surface area contributed by atoms with E-state index in [0.717, 1.165) is 19.4 Å². The second-order valence-corrected chi connectivity index (χ2v) is 5.39. The van der Waals surface area contributed by atoms with E-state index in [-0.39, 0.29) is 0 Å². The lowest BCUT2D eigenvalue weighted by atomic mass is 10.0. The summed E-state index contributed by atoms with van der Waals surface area (Å²) in [6, 6.07) is 8.80. The van der Waals surface area contributed by atoms with E-state index in [1.165, 1.54) is 24.0 Å². The van der Waals surface area contributed by atoms with Crippen molar-refractivity contribution in [3.8, 4) is 0 Å². The Bertz CT molecular complexity index is 427. The molecule has 2 N–H and O–H groups in total. The Morgan fingerprint density at radius 3 is 2.74 bits per heavy atom. The molecule has 0 heterocycles. The quantitative estimate of drug-likeness (QED) is 0.817. The Kier molecular flexibility index (Phi) is 4.97. The number of benzene rings is 1. The van der Waals surface area contributed by atoms with Crippen molar-refractivity contribution in [2.24, 2.45) is 5.73 Å². The van der Waals surface area contributed by atoms with Crippen LogP contribution >= 0.6 is 0 Å². The zero-order valence-corrected chi connectivity index (χ0v) is 11.8. The van der Waals surface area contributed by atoms with E-state index in [2.05, 4.69) is 19.1 Å². The predicted molar refractivity (Wildman–Crippen MR) is 77.9 cm³/mol. The minimum atomic E-state index is 0.291. The molecule has 1 fully saturated rings. The van der Waals surface area contributed by atoms with Crippen molar-refractivity contribution in [1.82, 2.24) is 4.90 Å². The van der Waals surface area contributed by atoms with Crippen LogP contribution in [0.15, 0.2) is 24.3 Å². The van der Waals surface area contributed by atoms with Crippen LogP contribution in [-0.2, 0) is 11.2 Å². The van der Waals surface area contributed by atoms with Crippen LogP contribution in [0.5, 0.6) is 0 Å². The highest BCUT2D eigenvalue weighted by Gasteiger charge is 2.31. The SMILES string of the molecule is Cc1ccccc1CCC(=O)N(CCCN)C1CC1. The van der Waals surface area contributed by atoms with Gasteiger partial charge >= 0.3 is 0 Å². The second kappa shape index (κ2) is 6.71. The van der Waals surface area contributed by atoms with Crippen molar-refractivity contribution >= 4 is 5.91 Å². The maximum absolute atomic E-state index is 12.3. The zero-order chi connectivity index (χ0) is 13.7. The standard InChI is InChI=1S/C16H24N2O/c1-13-5-2-3-6-14(13)7-10-16(19)18(12-4-11-17)15-8-9-15/h2-3,5-6,15H,4,7-12,17H2,1H3. The average molecular weight is 260 g/mol. The summed E-state index contributed by atoms with van der Waals surface area (Å²) in [7, 11) is 0. The Morgan fingerprint density at radius 2 is 2.11 bits per heavy atom. The maximum Gasteiger partial charge on any atom is 0.223 e. The van der Waals surface area contributed by atoms with Crippen LogP contribution in [0.3, 0.4) is 0 Å². The second-order valence-electron chi connectivity index (χ2n) is 5.39. The molecule has 3 nitrogen and oxygen atoms in total. The van der Waals surface area contributed by atoms with Crippen LogP contribution < -0.4 is 5.73 Å². The van der Waals surface area contributed by atoms with Gasteiger partial charge in [0.05, 0.1) is 0 Å². The molecule has 0 bridgehead atoms. The van der Waals surface area contributed by atoms with Gasteiger partial charge in [0.25, 0.3) is 0 Å². The number of nitrogens with zero attached hydrogens (tertiary/aromatic N) is 1. The highest BCUT2D eigenvalue weighted by molar-refractivity contribution is 5.77. The molecule has 0 atom stereocenters. The summed E-state index contributed by atoms with van der Waals surface area (Å²) in [5.74, 6) is 0.291. The first-order valence-electron chi connectivity index (χ1n) is 7.26. The molecule has 1 aliphatic carbocycles. The molecule has 1 aliphatic rings. The van der Waals surface area contributed by atoms with E-state index >= 15 is 0 Å². The summed E-state index contributed by atoms with van der Waals surface area (Å²) in [6.45, 7) is 3.59. The summed E-state index contributed by atoms with van der Waals surface area (Å²) >= 11 is 0. The topological polar surface area (TPSA) is 46.3 Å². The first-order chi connectivity index (χ1) is 9.22. The molecule has 0 radical (unpaired) electrons. The molecule has 0 spiro atoms. The van der Waals surface area contributed by atoms with Gasteiger partial charge in [-0.15, -0.1) is 0 Å². The number of aryl methyl sites for hydroxylation is 2. The molecule has 104 valence electrons. The molecule has 3 heteroatoms. The van der Waals surface area contributed by atoms with Crippen LogP contribution in [0.25, 0.3) is 0 Å². The van der Waals surface area contributed by atoms with E-state index in [1.54, 1.807) is 0 Å². The lowest BCUT2D eigenvalue weighted by Crippen LogP contribution is -2.35. The Morgan fingerprint density at radius 1 is 1.37 bits per heavy atom. The maximum atomic E-state index is 12.3. The predicted octanol–water partition coefficient (Wildman–Crippen LogP) is 2.27. The monoisotopic (exact) mass is 260 g/mol. The fourth-order valence-electron chi connectivity index (χ4n) is 2.43. The van der Waals surface area contributed by atoms with Gasteiger partial charge in [0.15, 0.2) is 0 Å². The molecule has 0 saturated heterocycles. The highest BCUT2D eigenvalue weighted by atomic mass is 16.2. The van der Waals surface area contributed by atoms with Gasteiger partial charge in [0.1, 0.15) is 0 Å². The number of hydrogen-bond donors (Lipinski definition) is 1. The first kappa shape index (κ1) is 14.1. The van der Waals surface area contributed by atoms with Crippen LogP contribution in [0, 0.1) is 6.92 Å². The fourth-order valence-corrected chi connectivity index (χ4v) is 2.43. The van der Waals surface area contributed by atoms with Gasteiger partial charge in [0, 0.05) is 19.0 Å². The molecular formula is C16H24N2O. The van der Waals surface area contributed by atoms with Crippen molar-refractivity contribution in [3.05, 3.63) is 35.4 Å². The normalized spacial score (nSPS) is 14.4. The minimum Gasteiger partial charge on any atom is -0.340 e. The summed E-state index contributed by atoms with van der Waals surface area (Å²) < 4.78 is 0. The Labute approximate surface area is 115 Å². The van der Waals surface area contributed by atoms with Gasteiger partial charge in [-0.1, -0.05) is 24.3 Å². The van der Waals surface area contributed by atoms with Crippen LogP contribution in [0.1, 0.15) is 36.8 Å². The molecule has 1 aromatic rings. The summed E-state index contributed by atoms with van der Waals surface area (Å²) in [4.78, 5) is 14.3. The van der Waals surface area contributed by atoms with Crippen molar-refractivity contribution in [2.45, 2.75) is 45.1 Å². The van der Waals surface area contributed by atoms with Gasteiger partial charge in [-0.05, 0) is 50.3 Å². The molecule has 1 amide bonds. The fraction of sp³-hybridized carbons (Fsp3) is 0.562. The van der Waals surface area contributed by atoms with Crippen LogP contribution in [0.4, 0.5) is 0 Å². The average Bonchev–Trinajstić information content (AvgIpc) is 3.23. The zero-order valence-electron chi connectivity index (χ0n) is 11.8. The number of hydrogen-bond acceptors (Lipinski definition) is 2. The third kappa shape index (κ3) is 4.06. The molecule has 0 aromatic heterocycles. The molecule has 0 unspecified atom stereocenters. The molecular weight excluding hydrogens is 236 g/mol. The molecule has 19 heavy (non-hydrogen) atoms.